The van der Waals surface area contributed by atoms with Crippen LogP contribution < -0.4 is 5.32 Å². The smallest absolute Gasteiger partial charge is 0.0866 e. The molecule has 0 aliphatic carbocycles. The van der Waals surface area contributed by atoms with E-state index in [4.69, 9.17) is 5.26 Å². The lowest BCUT2D eigenvalue weighted by Gasteiger charge is -2.30. The number of nitriles is 1. The molecule has 1 aliphatic heterocycles. The summed E-state index contributed by atoms with van der Waals surface area (Å²) in [7, 11) is 1.99. The summed E-state index contributed by atoms with van der Waals surface area (Å²) in [5.74, 6) is 0. The fraction of sp³-hybridized carbons (Fsp3) is 0.875. The lowest BCUT2D eigenvalue weighted by atomic mass is 10.1. The minimum atomic E-state index is 0.582. The van der Waals surface area contributed by atoms with Crippen LogP contribution in [-0.4, -0.2) is 37.6 Å². The van der Waals surface area contributed by atoms with E-state index in [1.807, 2.05) is 7.05 Å². The maximum atomic E-state index is 8.47. The fourth-order valence-electron chi connectivity index (χ4n) is 1.53. The molecule has 0 spiro atoms. The molecule has 1 aliphatic rings. The Morgan fingerprint density at radius 1 is 1.73 bits per heavy atom. The van der Waals surface area contributed by atoms with Crippen LogP contribution in [0.4, 0.5) is 0 Å². The molecule has 1 fully saturated rings. The monoisotopic (exact) mass is 153 g/mol. The number of hydrogen-bond acceptors (Lipinski definition) is 3. The molecule has 1 saturated heterocycles. The average Bonchev–Trinajstić information content (AvgIpc) is 2.06. The molecule has 0 aromatic carbocycles. The molecule has 0 radical (unpaired) electrons. The zero-order chi connectivity index (χ0) is 8.10. The Morgan fingerprint density at radius 3 is 3.18 bits per heavy atom. The van der Waals surface area contributed by atoms with Gasteiger partial charge in [0.05, 0.1) is 12.6 Å². The van der Waals surface area contributed by atoms with Crippen molar-refractivity contribution in [1.82, 2.24) is 10.2 Å². The van der Waals surface area contributed by atoms with Crippen molar-refractivity contribution in [2.45, 2.75) is 18.9 Å². The number of rotatable bonds is 2. The highest BCUT2D eigenvalue weighted by atomic mass is 15.2. The topological polar surface area (TPSA) is 39.1 Å². The van der Waals surface area contributed by atoms with E-state index in [1.54, 1.807) is 0 Å². The van der Waals surface area contributed by atoms with Crippen molar-refractivity contribution in [2.24, 2.45) is 0 Å². The Bertz CT molecular complexity index is 150. The summed E-state index contributed by atoms with van der Waals surface area (Å²) in [6.07, 6.45) is 2.46. The van der Waals surface area contributed by atoms with Gasteiger partial charge >= 0.3 is 0 Å². The maximum Gasteiger partial charge on any atom is 0.0866 e. The molecule has 0 aromatic heterocycles. The first kappa shape index (κ1) is 8.51. The molecule has 11 heavy (non-hydrogen) atoms. The SMILES string of the molecule is CNC1CCCN(CC#N)C1. The van der Waals surface area contributed by atoms with Crippen molar-refractivity contribution in [3.8, 4) is 6.07 Å². The predicted molar refractivity (Wildman–Crippen MR) is 44.1 cm³/mol. The van der Waals surface area contributed by atoms with Gasteiger partial charge in [-0.15, -0.1) is 0 Å². The van der Waals surface area contributed by atoms with Gasteiger partial charge in [-0.25, -0.2) is 0 Å². The van der Waals surface area contributed by atoms with E-state index >= 15 is 0 Å². The Labute approximate surface area is 68.0 Å². The van der Waals surface area contributed by atoms with E-state index in [-0.39, 0.29) is 0 Å². The second kappa shape index (κ2) is 4.32. The number of hydrogen-bond donors (Lipinski definition) is 1. The van der Waals surface area contributed by atoms with Gasteiger partial charge < -0.3 is 5.32 Å². The third kappa shape index (κ3) is 2.49. The zero-order valence-corrected chi connectivity index (χ0v) is 7.01. The van der Waals surface area contributed by atoms with E-state index in [1.165, 1.54) is 12.8 Å². The summed E-state index contributed by atoms with van der Waals surface area (Å²) in [6.45, 7) is 2.70. The van der Waals surface area contributed by atoms with Gasteiger partial charge in [-0.3, -0.25) is 4.90 Å². The zero-order valence-electron chi connectivity index (χ0n) is 7.01. The fourth-order valence-corrected chi connectivity index (χ4v) is 1.53. The molecule has 0 saturated carbocycles. The average molecular weight is 153 g/mol. The molecule has 1 rings (SSSR count). The van der Waals surface area contributed by atoms with Gasteiger partial charge in [-0.1, -0.05) is 0 Å². The van der Waals surface area contributed by atoms with E-state index in [0.717, 1.165) is 13.1 Å². The van der Waals surface area contributed by atoms with Crippen LogP contribution in [-0.2, 0) is 0 Å². The van der Waals surface area contributed by atoms with E-state index in [9.17, 15) is 0 Å². The summed E-state index contributed by atoms with van der Waals surface area (Å²) in [6, 6.07) is 2.77. The number of likely N-dealkylation sites (tertiary alicyclic amines) is 1. The first-order valence-electron chi connectivity index (χ1n) is 4.13. The van der Waals surface area contributed by atoms with Crippen LogP contribution in [0.1, 0.15) is 12.8 Å². The molecule has 0 bridgehead atoms. The molecule has 1 N–H and O–H groups in total. The largest absolute Gasteiger partial charge is 0.316 e. The standard InChI is InChI=1S/C8H15N3/c1-10-8-3-2-5-11(7-8)6-4-9/h8,10H,2-3,5-7H2,1H3. The Kier molecular flexibility index (Phi) is 3.34. The van der Waals surface area contributed by atoms with E-state index in [0.29, 0.717) is 12.6 Å². The number of nitrogens with one attached hydrogen (secondary N) is 1. The highest BCUT2D eigenvalue weighted by Crippen LogP contribution is 2.08. The van der Waals surface area contributed by atoms with Crippen molar-refractivity contribution < 1.29 is 0 Å². The number of likely N-dealkylation sites (N-methyl/N-ethyl adjacent to an activating group) is 1. The normalized spacial score (nSPS) is 26.4. The number of nitrogens with zero attached hydrogens (tertiary/aromatic N) is 2. The lowest BCUT2D eigenvalue weighted by Crippen LogP contribution is -2.44. The summed E-state index contributed by atoms with van der Waals surface area (Å²) < 4.78 is 0. The van der Waals surface area contributed by atoms with Crippen LogP contribution in [0.25, 0.3) is 0 Å². The quantitative estimate of drug-likeness (QED) is 0.576. The molecular weight excluding hydrogens is 138 g/mol. The molecule has 3 nitrogen and oxygen atoms in total. The van der Waals surface area contributed by atoms with Crippen molar-refractivity contribution in [1.29, 1.82) is 5.26 Å². The third-order valence-corrected chi connectivity index (χ3v) is 2.21. The van der Waals surface area contributed by atoms with Gasteiger partial charge in [-0.05, 0) is 26.4 Å². The Hall–Kier alpha value is -0.590. The number of piperidine rings is 1. The van der Waals surface area contributed by atoms with Crippen molar-refractivity contribution in [3.63, 3.8) is 0 Å². The van der Waals surface area contributed by atoms with Crippen molar-refractivity contribution in [2.75, 3.05) is 26.7 Å². The summed E-state index contributed by atoms with van der Waals surface area (Å²) in [4.78, 5) is 2.20. The Balaban J connectivity index is 2.28. The lowest BCUT2D eigenvalue weighted by molar-refractivity contribution is 0.215. The van der Waals surface area contributed by atoms with Gasteiger partial charge in [0, 0.05) is 12.6 Å². The predicted octanol–water partition coefficient (Wildman–Crippen LogP) is 0.194. The second-order valence-corrected chi connectivity index (χ2v) is 3.02. The molecule has 1 heterocycles. The van der Waals surface area contributed by atoms with Crippen molar-refractivity contribution >= 4 is 0 Å². The van der Waals surface area contributed by atoms with Crippen LogP contribution in [0.5, 0.6) is 0 Å². The highest BCUT2D eigenvalue weighted by Gasteiger charge is 2.17. The van der Waals surface area contributed by atoms with Gasteiger partial charge in [0.1, 0.15) is 0 Å². The van der Waals surface area contributed by atoms with E-state index in [2.05, 4.69) is 16.3 Å². The molecule has 0 amide bonds. The summed E-state index contributed by atoms with van der Waals surface area (Å²) in [5, 5.41) is 11.7. The van der Waals surface area contributed by atoms with Gasteiger partial charge in [0.25, 0.3) is 0 Å². The second-order valence-electron chi connectivity index (χ2n) is 3.02. The maximum absolute atomic E-state index is 8.47. The van der Waals surface area contributed by atoms with Crippen LogP contribution >= 0.6 is 0 Å². The minimum absolute atomic E-state index is 0.582. The molecule has 1 unspecified atom stereocenters. The first-order chi connectivity index (χ1) is 5.36. The molecule has 1 atom stereocenters. The van der Waals surface area contributed by atoms with Crippen molar-refractivity contribution in [3.05, 3.63) is 0 Å². The van der Waals surface area contributed by atoms with Gasteiger partial charge in [0.2, 0.25) is 0 Å². The van der Waals surface area contributed by atoms with Gasteiger partial charge in [0.15, 0.2) is 0 Å². The highest BCUT2D eigenvalue weighted by molar-refractivity contribution is 4.83. The summed E-state index contributed by atoms with van der Waals surface area (Å²) >= 11 is 0. The van der Waals surface area contributed by atoms with Gasteiger partial charge in [-0.2, -0.15) is 5.26 Å². The molecule has 3 heteroatoms. The van der Waals surface area contributed by atoms with Crippen LogP contribution in [0.15, 0.2) is 0 Å². The molecular formula is C8H15N3. The minimum Gasteiger partial charge on any atom is -0.316 e. The Morgan fingerprint density at radius 2 is 2.55 bits per heavy atom. The van der Waals surface area contributed by atoms with E-state index < -0.39 is 0 Å². The molecule has 62 valence electrons. The van der Waals surface area contributed by atoms with Crippen LogP contribution in [0.3, 0.4) is 0 Å². The third-order valence-electron chi connectivity index (χ3n) is 2.21. The first-order valence-corrected chi connectivity index (χ1v) is 4.13. The molecule has 0 aromatic rings. The summed E-state index contributed by atoms with van der Waals surface area (Å²) in [5.41, 5.74) is 0. The van der Waals surface area contributed by atoms with Crippen LogP contribution in [0.2, 0.25) is 0 Å². The van der Waals surface area contributed by atoms with Crippen LogP contribution in [0, 0.1) is 11.3 Å².